The molecular weight excluding hydrogens is 216 g/mol. The van der Waals surface area contributed by atoms with Crippen molar-refractivity contribution >= 4 is 0 Å². The zero-order valence-electron chi connectivity index (χ0n) is 11.3. The maximum absolute atomic E-state index is 5.91. The number of hydrogen-bond acceptors (Lipinski definition) is 4. The zero-order chi connectivity index (χ0) is 12.5. The highest BCUT2D eigenvalue weighted by molar-refractivity contribution is 4.83. The molecule has 0 aromatic heterocycles. The summed E-state index contributed by atoms with van der Waals surface area (Å²) in [5.41, 5.74) is 2.87. The number of rotatable bonds is 8. The molecule has 1 rings (SSSR count). The molecule has 1 aliphatic carbocycles. The predicted octanol–water partition coefficient (Wildman–Crippen LogP) is 1.84. The molecule has 17 heavy (non-hydrogen) atoms. The average molecular weight is 244 g/mol. The summed E-state index contributed by atoms with van der Waals surface area (Å²) in [7, 11) is 0. The van der Waals surface area contributed by atoms with E-state index in [-0.39, 0.29) is 12.1 Å². The lowest BCUT2D eigenvalue weighted by Gasteiger charge is -2.35. The van der Waals surface area contributed by atoms with E-state index in [0.29, 0.717) is 12.5 Å². The number of hydrogen-bond donors (Lipinski definition) is 2. The molecule has 0 aromatic rings. The van der Waals surface area contributed by atoms with Crippen LogP contribution in [0.4, 0.5) is 0 Å². The van der Waals surface area contributed by atoms with Crippen LogP contribution in [0.25, 0.3) is 0 Å². The summed E-state index contributed by atoms with van der Waals surface area (Å²) in [5, 5.41) is 0. The Balaban J connectivity index is 2.53. The van der Waals surface area contributed by atoms with Crippen molar-refractivity contribution in [3.05, 3.63) is 0 Å². The topological polar surface area (TPSA) is 56.5 Å². The summed E-state index contributed by atoms with van der Waals surface area (Å²) >= 11 is 0. The lowest BCUT2D eigenvalue weighted by Crippen LogP contribution is -2.51. The Morgan fingerprint density at radius 3 is 2.41 bits per heavy atom. The smallest absolute Gasteiger partial charge is 0.0791 e. The van der Waals surface area contributed by atoms with Gasteiger partial charge in [-0.3, -0.25) is 11.3 Å². The van der Waals surface area contributed by atoms with Crippen LogP contribution in [0.1, 0.15) is 46.0 Å². The highest BCUT2D eigenvalue weighted by atomic mass is 16.5. The first-order valence-electron chi connectivity index (χ1n) is 6.98. The van der Waals surface area contributed by atoms with Crippen LogP contribution in [0, 0.1) is 5.92 Å². The van der Waals surface area contributed by atoms with Crippen molar-refractivity contribution in [1.29, 1.82) is 0 Å². The third-order valence-electron chi connectivity index (χ3n) is 3.59. The van der Waals surface area contributed by atoms with Crippen LogP contribution in [0.5, 0.6) is 0 Å². The van der Waals surface area contributed by atoms with Gasteiger partial charge in [-0.2, -0.15) is 0 Å². The molecular formula is C13H28N2O2. The normalized spacial score (nSPS) is 21.4. The second-order valence-electron chi connectivity index (χ2n) is 4.75. The Morgan fingerprint density at radius 2 is 1.88 bits per heavy atom. The second-order valence-corrected chi connectivity index (χ2v) is 4.75. The summed E-state index contributed by atoms with van der Waals surface area (Å²) in [6.45, 7) is 6.15. The third kappa shape index (κ3) is 4.92. The minimum Gasteiger partial charge on any atom is -0.380 e. The summed E-state index contributed by atoms with van der Waals surface area (Å²) in [6.07, 6.45) is 6.71. The van der Waals surface area contributed by atoms with E-state index in [1.807, 2.05) is 13.8 Å². The van der Waals surface area contributed by atoms with Gasteiger partial charge in [0.25, 0.3) is 0 Å². The quantitative estimate of drug-likeness (QED) is 0.505. The fourth-order valence-corrected chi connectivity index (χ4v) is 2.72. The van der Waals surface area contributed by atoms with E-state index >= 15 is 0 Å². The van der Waals surface area contributed by atoms with Crippen molar-refractivity contribution in [1.82, 2.24) is 5.43 Å². The maximum Gasteiger partial charge on any atom is 0.0791 e. The molecule has 0 bridgehead atoms. The monoisotopic (exact) mass is 244 g/mol. The molecule has 0 aromatic carbocycles. The van der Waals surface area contributed by atoms with Gasteiger partial charge in [0, 0.05) is 13.2 Å². The molecule has 0 radical (unpaired) electrons. The lowest BCUT2D eigenvalue weighted by atomic mass is 9.82. The van der Waals surface area contributed by atoms with E-state index in [1.54, 1.807) is 0 Å². The first kappa shape index (κ1) is 14.9. The summed E-state index contributed by atoms with van der Waals surface area (Å²) < 4.78 is 11.4. The van der Waals surface area contributed by atoms with Gasteiger partial charge in [-0.15, -0.1) is 0 Å². The summed E-state index contributed by atoms with van der Waals surface area (Å²) in [4.78, 5) is 0. The van der Waals surface area contributed by atoms with Gasteiger partial charge in [0.1, 0.15) is 0 Å². The molecule has 0 spiro atoms. The van der Waals surface area contributed by atoms with Crippen LogP contribution in [-0.4, -0.2) is 32.0 Å². The van der Waals surface area contributed by atoms with Gasteiger partial charge in [0.2, 0.25) is 0 Å². The lowest BCUT2D eigenvalue weighted by molar-refractivity contribution is -0.0388. The molecule has 2 unspecified atom stereocenters. The SMILES string of the molecule is CCOCC(NN)C(OCC)C1CCCCC1. The predicted molar refractivity (Wildman–Crippen MR) is 69.6 cm³/mol. The highest BCUT2D eigenvalue weighted by Gasteiger charge is 2.30. The van der Waals surface area contributed by atoms with Gasteiger partial charge in [-0.25, -0.2) is 0 Å². The van der Waals surface area contributed by atoms with Gasteiger partial charge < -0.3 is 9.47 Å². The zero-order valence-corrected chi connectivity index (χ0v) is 11.3. The van der Waals surface area contributed by atoms with Gasteiger partial charge >= 0.3 is 0 Å². The highest BCUT2D eigenvalue weighted by Crippen LogP contribution is 2.29. The van der Waals surface area contributed by atoms with Gasteiger partial charge in [0.15, 0.2) is 0 Å². The van der Waals surface area contributed by atoms with E-state index < -0.39 is 0 Å². The number of nitrogens with two attached hydrogens (primary N) is 1. The Bertz CT molecular complexity index is 184. The van der Waals surface area contributed by atoms with Crippen molar-refractivity contribution < 1.29 is 9.47 Å². The first-order chi connectivity index (χ1) is 8.33. The van der Waals surface area contributed by atoms with Crippen LogP contribution in [0.15, 0.2) is 0 Å². The molecule has 4 nitrogen and oxygen atoms in total. The second kappa shape index (κ2) is 8.86. The van der Waals surface area contributed by atoms with Crippen molar-refractivity contribution in [3.8, 4) is 0 Å². The van der Waals surface area contributed by atoms with Crippen molar-refractivity contribution in [3.63, 3.8) is 0 Å². The standard InChI is InChI=1S/C13H28N2O2/c1-3-16-10-12(15-14)13(17-4-2)11-8-6-5-7-9-11/h11-13,15H,3-10,14H2,1-2H3. The largest absolute Gasteiger partial charge is 0.380 e. The number of nitrogens with one attached hydrogen (secondary N) is 1. The van der Waals surface area contributed by atoms with Crippen molar-refractivity contribution in [2.75, 3.05) is 19.8 Å². The Kier molecular flexibility index (Phi) is 7.77. The Labute approximate surface area is 105 Å². The molecule has 2 atom stereocenters. The maximum atomic E-state index is 5.91. The minimum atomic E-state index is 0.109. The molecule has 0 aliphatic heterocycles. The molecule has 4 heteroatoms. The van der Waals surface area contributed by atoms with E-state index in [9.17, 15) is 0 Å². The molecule has 3 N–H and O–H groups in total. The molecule has 0 amide bonds. The summed E-state index contributed by atoms with van der Waals surface area (Å²) in [5.74, 6) is 6.27. The van der Waals surface area contributed by atoms with Crippen LogP contribution in [-0.2, 0) is 9.47 Å². The van der Waals surface area contributed by atoms with E-state index in [2.05, 4.69) is 5.43 Å². The molecule has 1 saturated carbocycles. The number of ether oxygens (including phenoxy) is 2. The molecule has 1 fully saturated rings. The van der Waals surface area contributed by atoms with Crippen LogP contribution in [0.3, 0.4) is 0 Å². The number of hydrazine groups is 1. The van der Waals surface area contributed by atoms with Gasteiger partial charge in [-0.1, -0.05) is 19.3 Å². The Hall–Kier alpha value is -0.160. The molecule has 0 heterocycles. The van der Waals surface area contributed by atoms with E-state index in [1.165, 1.54) is 32.1 Å². The molecule has 1 aliphatic rings. The fourth-order valence-electron chi connectivity index (χ4n) is 2.72. The first-order valence-corrected chi connectivity index (χ1v) is 6.98. The summed E-state index contributed by atoms with van der Waals surface area (Å²) in [6, 6.07) is 0.109. The minimum absolute atomic E-state index is 0.109. The van der Waals surface area contributed by atoms with Crippen LogP contribution < -0.4 is 11.3 Å². The van der Waals surface area contributed by atoms with E-state index in [4.69, 9.17) is 15.3 Å². The van der Waals surface area contributed by atoms with Gasteiger partial charge in [-0.05, 0) is 32.6 Å². The van der Waals surface area contributed by atoms with Crippen LogP contribution in [0.2, 0.25) is 0 Å². The van der Waals surface area contributed by atoms with Gasteiger partial charge in [0.05, 0.1) is 18.8 Å². The van der Waals surface area contributed by atoms with Crippen LogP contribution >= 0.6 is 0 Å². The molecule has 0 saturated heterocycles. The fraction of sp³-hybridized carbons (Fsp3) is 1.00. The van der Waals surface area contributed by atoms with E-state index in [0.717, 1.165) is 13.2 Å². The van der Waals surface area contributed by atoms with Crippen molar-refractivity contribution in [2.24, 2.45) is 11.8 Å². The third-order valence-corrected chi connectivity index (χ3v) is 3.59. The van der Waals surface area contributed by atoms with Crippen molar-refractivity contribution in [2.45, 2.75) is 58.1 Å². The average Bonchev–Trinajstić information content (AvgIpc) is 2.39. The Morgan fingerprint density at radius 1 is 1.18 bits per heavy atom. The molecule has 102 valence electrons.